The van der Waals surface area contributed by atoms with E-state index in [-0.39, 0.29) is 52.5 Å². The molecule has 0 heterocycles. The Hall–Kier alpha value is -0.0900. The number of aliphatic hydroxyl groups excluding tert-OH is 4. The number of hydrogen-bond acceptors (Lipinski definition) is 9. The van der Waals surface area contributed by atoms with E-state index in [2.05, 4.69) is 0 Å². The van der Waals surface area contributed by atoms with Crippen LogP contribution in [0, 0.1) is 0 Å². The van der Waals surface area contributed by atoms with Crippen molar-refractivity contribution in [3.8, 4) is 0 Å². The second-order valence-electron chi connectivity index (χ2n) is 4.54. The van der Waals surface area contributed by atoms with Crippen LogP contribution >= 0.6 is 7.82 Å². The molecule has 0 rings (SSSR count). The second-order valence-corrected chi connectivity index (χ2v) is 6.13. The highest BCUT2D eigenvalue weighted by atomic mass is 31.2. The van der Waals surface area contributed by atoms with Crippen molar-refractivity contribution in [2.24, 2.45) is 5.73 Å². The van der Waals surface area contributed by atoms with Crippen molar-refractivity contribution in [3.63, 3.8) is 0 Å². The predicted octanol–water partition coefficient (Wildman–Crippen LogP) is 0.355. The van der Waals surface area contributed by atoms with Gasteiger partial charge in [0, 0.05) is 39.3 Å². The monoisotopic (exact) mass is 361 g/mol. The highest BCUT2D eigenvalue weighted by Crippen LogP contribution is 2.52. The molecule has 0 aliphatic rings. The molecule has 0 unspecified atom stereocenters. The lowest BCUT2D eigenvalue weighted by atomic mass is 10.1. The van der Waals surface area contributed by atoms with Crippen LogP contribution in [-0.4, -0.2) is 65.8 Å². The van der Waals surface area contributed by atoms with E-state index in [1.807, 2.05) is 0 Å². The van der Waals surface area contributed by atoms with Gasteiger partial charge in [0.25, 0.3) is 0 Å². The van der Waals surface area contributed by atoms with Gasteiger partial charge in [-0.05, 0) is 26.7 Å². The zero-order valence-electron chi connectivity index (χ0n) is 14.0. The van der Waals surface area contributed by atoms with Crippen molar-refractivity contribution in [1.82, 2.24) is 0 Å². The third-order valence-corrected chi connectivity index (χ3v) is 4.24. The van der Waals surface area contributed by atoms with E-state index in [1.165, 1.54) is 0 Å². The van der Waals surface area contributed by atoms with Gasteiger partial charge in [0.1, 0.15) is 5.72 Å². The van der Waals surface area contributed by atoms with E-state index in [1.54, 1.807) is 13.8 Å². The van der Waals surface area contributed by atoms with Crippen molar-refractivity contribution >= 4 is 7.82 Å². The minimum atomic E-state index is -3.75. The lowest BCUT2D eigenvalue weighted by molar-refractivity contribution is -0.0154. The number of phosphoric acid groups is 1. The molecule has 0 spiro atoms. The molecule has 6 N–H and O–H groups in total. The topological polar surface area (TPSA) is 152 Å². The van der Waals surface area contributed by atoms with Crippen molar-refractivity contribution in [3.05, 3.63) is 0 Å². The minimum Gasteiger partial charge on any atom is -0.396 e. The number of nitrogens with two attached hydrogens (primary N) is 1. The summed E-state index contributed by atoms with van der Waals surface area (Å²) in [5.74, 6) is 0. The molecule has 0 aromatic rings. The maximum atomic E-state index is 12.1. The van der Waals surface area contributed by atoms with Gasteiger partial charge in [0.15, 0.2) is 0 Å². The Morgan fingerprint density at radius 2 is 1.26 bits per heavy atom. The first-order valence-corrected chi connectivity index (χ1v) is 9.15. The summed E-state index contributed by atoms with van der Waals surface area (Å²) in [6.45, 7) is 3.46. The quantitative estimate of drug-likeness (QED) is 0.178. The number of hydrogen-bond donors (Lipinski definition) is 5. The highest BCUT2D eigenvalue weighted by Gasteiger charge is 2.37. The minimum absolute atomic E-state index is 0.0255. The van der Waals surface area contributed by atoms with Crippen LogP contribution in [0.25, 0.3) is 0 Å². The van der Waals surface area contributed by atoms with Gasteiger partial charge < -0.3 is 26.2 Å². The van der Waals surface area contributed by atoms with Crippen LogP contribution in [0.5, 0.6) is 0 Å². The van der Waals surface area contributed by atoms with Crippen molar-refractivity contribution in [2.45, 2.75) is 45.3 Å². The van der Waals surface area contributed by atoms with Gasteiger partial charge in [-0.3, -0.25) is 13.6 Å². The second kappa shape index (κ2) is 15.4. The molecule has 0 fully saturated rings. The van der Waals surface area contributed by atoms with Crippen LogP contribution in [0.4, 0.5) is 0 Å². The number of aliphatic hydroxyl groups is 4. The van der Waals surface area contributed by atoms with E-state index in [0.717, 1.165) is 12.8 Å². The van der Waals surface area contributed by atoms with Crippen molar-refractivity contribution < 1.29 is 38.6 Å². The normalized spacial score (nSPS) is 12.0. The van der Waals surface area contributed by atoms with E-state index in [9.17, 15) is 4.57 Å². The van der Waals surface area contributed by atoms with Gasteiger partial charge in [0.2, 0.25) is 0 Å². The zero-order valence-corrected chi connectivity index (χ0v) is 14.9. The average Bonchev–Trinajstić information content (AvgIpc) is 2.46. The lowest BCUT2D eigenvalue weighted by Gasteiger charge is -2.31. The van der Waals surface area contributed by atoms with Crippen molar-refractivity contribution in [2.75, 3.05) is 39.6 Å². The molecule has 10 heteroatoms. The molecule has 0 aromatic carbocycles. The Kier molecular flexibility index (Phi) is 16.9. The Morgan fingerprint density at radius 3 is 1.52 bits per heavy atom. The Bertz CT molecular complexity index is 286. The smallest absolute Gasteiger partial charge is 0.396 e. The van der Waals surface area contributed by atoms with E-state index in [0.29, 0.717) is 0 Å². The SMILES string of the molecule is CCOP(=O)(OCC)OC(N)(CCO)CCO.OCCCCO. The first-order chi connectivity index (χ1) is 10.9. The fraction of sp³-hybridized carbons (Fsp3) is 1.00. The Labute approximate surface area is 138 Å². The number of unbranched alkanes of at least 4 members (excludes halogenated alkanes) is 1. The van der Waals surface area contributed by atoms with Crippen LogP contribution in [0.15, 0.2) is 0 Å². The summed E-state index contributed by atoms with van der Waals surface area (Å²) in [6.07, 6.45) is 1.49. The van der Waals surface area contributed by atoms with Gasteiger partial charge >= 0.3 is 7.82 Å². The molecule has 0 atom stereocenters. The van der Waals surface area contributed by atoms with Gasteiger partial charge in [-0.2, -0.15) is 0 Å². The Balaban J connectivity index is 0. The summed E-state index contributed by atoms with van der Waals surface area (Å²) in [4.78, 5) is 0. The third-order valence-electron chi connectivity index (χ3n) is 2.50. The standard InChI is InChI=1S/C9H22NO6P.C4H10O2/c1-3-14-17(13,15-4-2)16-9(10,5-7-11)6-8-12;5-3-1-2-4-6/h11-12H,3-8,10H2,1-2H3;5-6H,1-4H2. The fourth-order valence-electron chi connectivity index (χ4n) is 1.45. The van der Waals surface area contributed by atoms with Gasteiger partial charge in [-0.1, -0.05) is 0 Å². The van der Waals surface area contributed by atoms with Crippen LogP contribution in [0.1, 0.15) is 39.5 Å². The summed E-state index contributed by atoms with van der Waals surface area (Å²) < 4.78 is 27.1. The maximum absolute atomic E-state index is 12.1. The van der Waals surface area contributed by atoms with Crippen LogP contribution < -0.4 is 5.73 Å². The fourth-order valence-corrected chi connectivity index (χ4v) is 2.89. The molecule has 0 bridgehead atoms. The third kappa shape index (κ3) is 14.0. The molecule has 0 aromatic heterocycles. The van der Waals surface area contributed by atoms with E-state index in [4.69, 9.17) is 39.7 Å². The summed E-state index contributed by atoms with van der Waals surface area (Å²) in [5, 5.41) is 33.9. The average molecular weight is 361 g/mol. The van der Waals surface area contributed by atoms with Crippen LogP contribution in [-0.2, 0) is 18.1 Å². The molecule has 0 aliphatic heterocycles. The largest absolute Gasteiger partial charge is 0.476 e. The van der Waals surface area contributed by atoms with Crippen LogP contribution in [0.2, 0.25) is 0 Å². The first kappa shape index (κ1) is 25.2. The zero-order chi connectivity index (χ0) is 18.2. The molecule has 9 nitrogen and oxygen atoms in total. The molecular weight excluding hydrogens is 329 g/mol. The summed E-state index contributed by atoms with van der Waals surface area (Å²) in [7, 11) is -3.75. The van der Waals surface area contributed by atoms with Crippen LogP contribution in [0.3, 0.4) is 0 Å². The highest BCUT2D eigenvalue weighted by molar-refractivity contribution is 7.48. The number of rotatable bonds is 13. The molecule has 23 heavy (non-hydrogen) atoms. The number of phosphoric ester groups is 1. The van der Waals surface area contributed by atoms with Crippen molar-refractivity contribution in [1.29, 1.82) is 0 Å². The van der Waals surface area contributed by atoms with Gasteiger partial charge in [0.05, 0.1) is 13.2 Å². The molecular formula is C13H32NO8P. The summed E-state index contributed by atoms with van der Waals surface area (Å²) in [5.41, 5.74) is 4.36. The summed E-state index contributed by atoms with van der Waals surface area (Å²) >= 11 is 0. The molecule has 0 aliphatic carbocycles. The molecule has 0 amide bonds. The van der Waals surface area contributed by atoms with E-state index < -0.39 is 13.5 Å². The Morgan fingerprint density at radius 1 is 0.870 bits per heavy atom. The molecule has 142 valence electrons. The van der Waals surface area contributed by atoms with Gasteiger partial charge in [-0.15, -0.1) is 0 Å². The van der Waals surface area contributed by atoms with Gasteiger partial charge in [-0.25, -0.2) is 4.57 Å². The predicted molar refractivity (Wildman–Crippen MR) is 85.7 cm³/mol. The lowest BCUT2D eigenvalue weighted by Crippen LogP contribution is -2.44. The van der Waals surface area contributed by atoms with E-state index >= 15 is 0 Å². The molecule has 0 saturated heterocycles. The molecule has 0 radical (unpaired) electrons. The summed E-state index contributed by atoms with van der Waals surface area (Å²) in [6, 6.07) is 0. The first-order valence-electron chi connectivity index (χ1n) is 7.69. The molecule has 0 saturated carbocycles. The maximum Gasteiger partial charge on any atom is 0.476 e.